The minimum atomic E-state index is -3.35. The van der Waals surface area contributed by atoms with E-state index in [4.69, 9.17) is 0 Å². The molecule has 0 aromatic carbocycles. The topological polar surface area (TPSA) is 64.7 Å². The van der Waals surface area contributed by atoms with Crippen molar-refractivity contribution in [3.63, 3.8) is 0 Å². The molecule has 0 radical (unpaired) electrons. The fourth-order valence-electron chi connectivity index (χ4n) is 2.53. The van der Waals surface area contributed by atoms with Gasteiger partial charge in [-0.1, -0.05) is 20.3 Å². The first-order valence-corrected chi connectivity index (χ1v) is 9.41. The number of nitrogens with zero attached hydrogens (tertiary/aromatic N) is 2. The highest BCUT2D eigenvalue weighted by molar-refractivity contribution is 7.87. The van der Waals surface area contributed by atoms with Crippen molar-refractivity contribution in [1.29, 1.82) is 0 Å². The first-order valence-electron chi connectivity index (χ1n) is 7.97. The van der Waals surface area contributed by atoms with E-state index in [1.54, 1.807) is 7.05 Å². The maximum Gasteiger partial charge on any atom is 0.279 e. The molecule has 1 atom stereocenters. The van der Waals surface area contributed by atoms with Crippen LogP contribution < -0.4 is 10.0 Å². The molecule has 0 aromatic rings. The second-order valence-corrected chi connectivity index (χ2v) is 8.13. The van der Waals surface area contributed by atoms with Crippen LogP contribution in [0.15, 0.2) is 0 Å². The molecule has 7 heteroatoms. The van der Waals surface area contributed by atoms with E-state index < -0.39 is 10.2 Å². The van der Waals surface area contributed by atoms with Crippen LogP contribution in [0.4, 0.5) is 0 Å². The van der Waals surface area contributed by atoms with Gasteiger partial charge in [0.05, 0.1) is 0 Å². The Labute approximate surface area is 130 Å². The van der Waals surface area contributed by atoms with E-state index in [1.807, 2.05) is 0 Å². The Bertz CT molecular complexity index is 386. The number of rotatable bonds is 9. The molecule has 1 fully saturated rings. The Kier molecular flexibility index (Phi) is 8.12. The number of hydrogen-bond acceptors (Lipinski definition) is 4. The Morgan fingerprint density at radius 1 is 1.33 bits per heavy atom. The highest BCUT2D eigenvalue weighted by atomic mass is 32.2. The lowest BCUT2D eigenvalue weighted by molar-refractivity contribution is 0.187. The molecule has 1 aliphatic rings. The Hall–Kier alpha value is -0.210. The summed E-state index contributed by atoms with van der Waals surface area (Å²) in [6.07, 6.45) is 4.29. The number of likely N-dealkylation sites (tertiary alicyclic amines) is 1. The minimum absolute atomic E-state index is 0.324. The molecular weight excluding hydrogens is 288 g/mol. The summed E-state index contributed by atoms with van der Waals surface area (Å²) in [6, 6.07) is 0.761. The van der Waals surface area contributed by atoms with E-state index in [9.17, 15) is 8.42 Å². The molecule has 0 saturated carbocycles. The van der Waals surface area contributed by atoms with Gasteiger partial charge in [0, 0.05) is 32.2 Å². The summed E-state index contributed by atoms with van der Waals surface area (Å²) in [5, 5.41) is 3.29. The molecule has 1 rings (SSSR count). The van der Waals surface area contributed by atoms with Crippen LogP contribution in [0.2, 0.25) is 0 Å². The van der Waals surface area contributed by atoms with E-state index in [-0.39, 0.29) is 0 Å². The van der Waals surface area contributed by atoms with Gasteiger partial charge in [0.15, 0.2) is 0 Å². The largest absolute Gasteiger partial charge is 0.314 e. The molecule has 1 aliphatic heterocycles. The first kappa shape index (κ1) is 18.8. The average Bonchev–Trinajstić information content (AvgIpc) is 2.42. The Morgan fingerprint density at radius 2 is 2.05 bits per heavy atom. The van der Waals surface area contributed by atoms with Gasteiger partial charge in [0.1, 0.15) is 0 Å². The van der Waals surface area contributed by atoms with Crippen molar-refractivity contribution in [2.45, 2.75) is 51.6 Å². The molecule has 1 heterocycles. The van der Waals surface area contributed by atoms with Crippen LogP contribution in [0.5, 0.6) is 0 Å². The van der Waals surface area contributed by atoms with Crippen LogP contribution in [0, 0.1) is 0 Å². The monoisotopic (exact) mass is 320 g/mol. The first-order chi connectivity index (χ1) is 9.83. The highest BCUT2D eigenvalue weighted by Gasteiger charge is 2.23. The van der Waals surface area contributed by atoms with Crippen molar-refractivity contribution >= 4 is 10.2 Å². The molecule has 0 spiro atoms. The van der Waals surface area contributed by atoms with Gasteiger partial charge in [-0.3, -0.25) is 0 Å². The van der Waals surface area contributed by atoms with Crippen LogP contribution in [-0.2, 0) is 10.2 Å². The van der Waals surface area contributed by atoms with E-state index in [2.05, 4.69) is 35.8 Å². The summed E-state index contributed by atoms with van der Waals surface area (Å²) >= 11 is 0. The maximum atomic E-state index is 12.2. The van der Waals surface area contributed by atoms with Crippen molar-refractivity contribution in [1.82, 2.24) is 19.2 Å². The molecule has 1 unspecified atom stereocenters. The van der Waals surface area contributed by atoms with Gasteiger partial charge in [-0.15, -0.1) is 0 Å². The van der Waals surface area contributed by atoms with Gasteiger partial charge in [-0.25, -0.2) is 4.72 Å². The van der Waals surface area contributed by atoms with Crippen molar-refractivity contribution in [2.75, 3.05) is 40.3 Å². The van der Waals surface area contributed by atoms with Crippen LogP contribution in [0.25, 0.3) is 0 Å². The Balaban J connectivity index is 2.30. The molecule has 0 bridgehead atoms. The standard InChI is InChI=1S/C14H32N4O2S/c1-13(2)15-9-7-11-18(4)21(19,20)16-12-14-8-5-6-10-17(14)3/h13-16H,5-12H2,1-4H3. The summed E-state index contributed by atoms with van der Waals surface area (Å²) in [4.78, 5) is 2.25. The lowest BCUT2D eigenvalue weighted by Crippen LogP contribution is -2.48. The summed E-state index contributed by atoms with van der Waals surface area (Å²) < 4.78 is 28.5. The third-order valence-electron chi connectivity index (χ3n) is 4.04. The van der Waals surface area contributed by atoms with E-state index in [0.717, 1.165) is 25.9 Å². The van der Waals surface area contributed by atoms with Gasteiger partial charge in [0.25, 0.3) is 10.2 Å². The van der Waals surface area contributed by atoms with Crippen LogP contribution in [-0.4, -0.2) is 70.0 Å². The normalized spacial score (nSPS) is 21.3. The van der Waals surface area contributed by atoms with Crippen LogP contribution in [0.1, 0.15) is 39.5 Å². The lowest BCUT2D eigenvalue weighted by Gasteiger charge is -2.32. The molecule has 126 valence electrons. The zero-order valence-corrected chi connectivity index (χ0v) is 14.7. The number of piperidine rings is 1. The number of nitrogens with one attached hydrogen (secondary N) is 2. The summed E-state index contributed by atoms with van der Waals surface area (Å²) in [5.74, 6) is 0. The SMILES string of the molecule is CC(C)NCCCN(C)S(=O)(=O)NCC1CCCCN1C. The third kappa shape index (κ3) is 7.06. The van der Waals surface area contributed by atoms with E-state index >= 15 is 0 Å². The molecular formula is C14H32N4O2S. The van der Waals surface area contributed by atoms with Crippen molar-refractivity contribution < 1.29 is 8.42 Å². The second-order valence-electron chi connectivity index (χ2n) is 6.27. The summed E-state index contributed by atoms with van der Waals surface area (Å²) in [6.45, 7) is 7.11. The second kappa shape index (κ2) is 9.05. The molecule has 0 aliphatic carbocycles. The molecule has 0 amide bonds. The molecule has 0 aromatic heterocycles. The number of likely N-dealkylation sites (N-methyl/N-ethyl adjacent to an activating group) is 1. The highest BCUT2D eigenvalue weighted by Crippen LogP contribution is 2.14. The zero-order chi connectivity index (χ0) is 15.9. The predicted octanol–water partition coefficient (Wildman–Crippen LogP) is 0.625. The third-order valence-corrected chi connectivity index (χ3v) is 5.57. The lowest BCUT2D eigenvalue weighted by atomic mass is 10.0. The van der Waals surface area contributed by atoms with E-state index in [1.165, 1.54) is 17.1 Å². The van der Waals surface area contributed by atoms with Gasteiger partial charge in [-0.05, 0) is 39.4 Å². The minimum Gasteiger partial charge on any atom is -0.314 e. The van der Waals surface area contributed by atoms with Gasteiger partial charge < -0.3 is 10.2 Å². The van der Waals surface area contributed by atoms with E-state index in [0.29, 0.717) is 25.2 Å². The Morgan fingerprint density at radius 3 is 2.67 bits per heavy atom. The fraction of sp³-hybridized carbons (Fsp3) is 1.00. The van der Waals surface area contributed by atoms with Crippen LogP contribution in [0.3, 0.4) is 0 Å². The molecule has 2 N–H and O–H groups in total. The van der Waals surface area contributed by atoms with Gasteiger partial charge in [-0.2, -0.15) is 12.7 Å². The molecule has 1 saturated heterocycles. The van der Waals surface area contributed by atoms with Crippen molar-refractivity contribution in [3.05, 3.63) is 0 Å². The average molecular weight is 321 g/mol. The van der Waals surface area contributed by atoms with Crippen molar-refractivity contribution in [3.8, 4) is 0 Å². The predicted molar refractivity (Wildman–Crippen MR) is 87.6 cm³/mol. The number of hydrogen-bond donors (Lipinski definition) is 2. The fourth-order valence-corrected chi connectivity index (χ4v) is 3.52. The smallest absolute Gasteiger partial charge is 0.279 e. The summed E-state index contributed by atoms with van der Waals surface area (Å²) in [7, 11) is 0.355. The van der Waals surface area contributed by atoms with Crippen molar-refractivity contribution in [2.24, 2.45) is 0 Å². The van der Waals surface area contributed by atoms with Gasteiger partial charge in [0.2, 0.25) is 0 Å². The molecule has 21 heavy (non-hydrogen) atoms. The maximum absolute atomic E-state index is 12.2. The molecule has 6 nitrogen and oxygen atoms in total. The quantitative estimate of drug-likeness (QED) is 0.612. The van der Waals surface area contributed by atoms with Crippen LogP contribution >= 0.6 is 0 Å². The van der Waals surface area contributed by atoms with Gasteiger partial charge >= 0.3 is 0 Å². The zero-order valence-electron chi connectivity index (χ0n) is 13.9. The summed E-state index contributed by atoms with van der Waals surface area (Å²) in [5.41, 5.74) is 0.